The first-order chi connectivity index (χ1) is 29.5. The van der Waals surface area contributed by atoms with Crippen molar-refractivity contribution < 1.29 is 56.2 Å². The molecule has 1 aromatic carbocycles. The third-order valence-corrected chi connectivity index (χ3v) is 12.7. The number of aliphatic hydroxyl groups is 1. The van der Waals surface area contributed by atoms with E-state index < -0.39 is 83.1 Å². The van der Waals surface area contributed by atoms with Gasteiger partial charge in [-0.25, -0.2) is 18.7 Å². The fourth-order valence-electron chi connectivity index (χ4n) is 9.26. The molecule has 3 aliphatic heterocycles. The molecule has 63 heavy (non-hydrogen) atoms. The molecular weight excluding hydrogens is 843 g/mol. The van der Waals surface area contributed by atoms with E-state index in [0.717, 1.165) is 12.5 Å². The first kappa shape index (κ1) is 51.6. The van der Waals surface area contributed by atoms with E-state index in [1.54, 1.807) is 69.8 Å². The first-order valence-electron chi connectivity index (χ1n) is 21.2. The maximum atomic E-state index is 16.9. The van der Waals surface area contributed by atoms with Crippen molar-refractivity contribution in [1.29, 1.82) is 0 Å². The number of ketones is 2. The number of anilines is 1. The molecule has 3 N–H and O–H groups in total. The smallest absolute Gasteiger partial charge is 0.411 e. The SMILES string of the molecule is CC[C@H]1OC(=O)[C@@](C)(F)C(=O)[C@H](C)[C@@H](O[C@@H]2OC(C)CC(N(C)C)C2O)[C@](C)(OC)C[C@@H](C)C(=O)[C@H](C)[C@H]2N(C/C=C\Cn3cc(-c4cccc(N)c4)nn3)C(=O)O[C@]12C.CSF. The van der Waals surface area contributed by atoms with Gasteiger partial charge in [-0.2, -0.15) is 3.89 Å². The number of likely N-dealkylation sites (N-methyl/N-ethyl adjacent to an activating group) is 1. The van der Waals surface area contributed by atoms with Gasteiger partial charge in [-0.15, -0.1) is 5.10 Å². The molecule has 3 unspecified atom stereocenters. The zero-order chi connectivity index (χ0) is 47.2. The second kappa shape index (κ2) is 21.3. The third-order valence-electron chi connectivity index (χ3n) is 12.7. The number of rotatable bonds is 10. The number of alkyl halides is 1. The van der Waals surface area contributed by atoms with Gasteiger partial charge in [0.2, 0.25) is 0 Å². The number of nitrogens with two attached hydrogens (primary N) is 1. The second-order valence-electron chi connectivity index (χ2n) is 17.6. The van der Waals surface area contributed by atoms with Crippen molar-refractivity contribution in [2.24, 2.45) is 17.8 Å². The van der Waals surface area contributed by atoms with Crippen molar-refractivity contribution in [3.05, 3.63) is 42.6 Å². The van der Waals surface area contributed by atoms with Crippen LogP contribution in [-0.2, 0) is 44.6 Å². The average Bonchev–Trinajstić information content (AvgIpc) is 3.81. The van der Waals surface area contributed by atoms with Gasteiger partial charge in [-0.05, 0) is 73.2 Å². The number of aliphatic hydroxyl groups excluding tert-OH is 1. The number of hydrogen-bond donors (Lipinski definition) is 2. The lowest BCUT2D eigenvalue weighted by atomic mass is 9.73. The summed E-state index contributed by atoms with van der Waals surface area (Å²) in [7, 11) is 5.02. The molecule has 19 heteroatoms. The van der Waals surface area contributed by atoms with Crippen LogP contribution < -0.4 is 5.73 Å². The maximum absolute atomic E-state index is 16.9. The standard InChI is InChI=1S/C43H63FN6O10.CH3FS/c1-12-32-43(8)35(50(40(55)60-43)19-14-13-18-49-23-30(46-47-49)28-16-15-17-29(45)21-28)26(4)33(51)24(2)22-41(6,56-11)37(27(5)36(53)42(7,44)39(54)58-32)59-38-34(52)31(48(9)10)20-25(3)57-38;1-3-2/h13-17,21,23-27,31-32,34-35,37-38,52H,12,18-20,22,45H2,1-11H3;1H3/b14-13-;/t24-,25?,26+,27+,31?,32-,34?,35-,37-,38+,41-,42+,43-;/m1./s1. The van der Waals surface area contributed by atoms with Gasteiger partial charge in [-0.3, -0.25) is 14.5 Å². The number of allylic oxidation sites excluding steroid dienone is 1. The van der Waals surface area contributed by atoms with Crippen molar-refractivity contribution in [2.45, 2.75) is 141 Å². The predicted molar refractivity (Wildman–Crippen MR) is 234 cm³/mol. The van der Waals surface area contributed by atoms with Crippen molar-refractivity contribution in [2.75, 3.05) is 39.7 Å². The molecule has 0 radical (unpaired) electrons. The number of cyclic esters (lactones) is 1. The number of benzene rings is 1. The zero-order valence-electron chi connectivity index (χ0n) is 38.4. The van der Waals surface area contributed by atoms with Crippen LogP contribution in [0.25, 0.3) is 11.3 Å². The van der Waals surface area contributed by atoms with Crippen LogP contribution >= 0.6 is 12.1 Å². The van der Waals surface area contributed by atoms with Gasteiger partial charge in [0.1, 0.15) is 23.7 Å². The van der Waals surface area contributed by atoms with Crippen LogP contribution in [0.1, 0.15) is 74.7 Å². The third kappa shape index (κ3) is 11.3. The van der Waals surface area contributed by atoms with Crippen molar-refractivity contribution >= 4 is 41.5 Å². The number of amides is 1. The molecule has 5 rings (SSSR count). The number of halogens is 2. The molecule has 1 amide bonds. The van der Waals surface area contributed by atoms with Crippen molar-refractivity contribution in [3.63, 3.8) is 0 Å². The molecule has 1 aromatic heterocycles. The normalized spacial score (nSPS) is 35.8. The summed E-state index contributed by atoms with van der Waals surface area (Å²) in [5, 5.41) is 19.8. The number of ether oxygens (including phenoxy) is 5. The molecule has 16 nitrogen and oxygen atoms in total. The highest BCUT2D eigenvalue weighted by atomic mass is 32.2. The van der Waals surface area contributed by atoms with Crippen LogP contribution in [-0.4, -0.2) is 147 Å². The van der Waals surface area contributed by atoms with E-state index in [2.05, 4.69) is 10.3 Å². The molecule has 0 spiro atoms. The summed E-state index contributed by atoms with van der Waals surface area (Å²) in [6.45, 7) is 12.7. The summed E-state index contributed by atoms with van der Waals surface area (Å²) in [6, 6.07) is 5.91. The lowest BCUT2D eigenvalue weighted by Gasteiger charge is -2.47. The fraction of sp³-hybridized carbons (Fsp3) is 0.682. The van der Waals surface area contributed by atoms with E-state index in [-0.39, 0.29) is 49.5 Å². The van der Waals surface area contributed by atoms with E-state index in [1.165, 1.54) is 25.2 Å². The molecule has 0 aliphatic carbocycles. The molecule has 3 saturated heterocycles. The van der Waals surface area contributed by atoms with Crippen LogP contribution in [0.2, 0.25) is 0 Å². The fourth-order valence-corrected chi connectivity index (χ4v) is 9.26. The first-order valence-corrected chi connectivity index (χ1v) is 22.4. The largest absolute Gasteiger partial charge is 0.455 e. The lowest BCUT2D eigenvalue weighted by molar-refractivity contribution is -0.295. The highest BCUT2D eigenvalue weighted by Gasteiger charge is 2.61. The van der Waals surface area contributed by atoms with Crippen LogP contribution in [0.4, 0.5) is 18.8 Å². The number of methoxy groups -OCH3 is 1. The highest BCUT2D eigenvalue weighted by molar-refractivity contribution is 7.93. The van der Waals surface area contributed by atoms with Gasteiger partial charge < -0.3 is 39.4 Å². The Kier molecular flexibility index (Phi) is 17.5. The second-order valence-corrected chi connectivity index (χ2v) is 17.9. The molecular formula is C44H66F2N6O10S. The number of Topliss-reactive ketones (excluding diaryl/α,β-unsaturated/α-hetero) is 2. The van der Waals surface area contributed by atoms with E-state index in [4.69, 9.17) is 29.4 Å². The number of nitrogen functional groups attached to an aromatic ring is 1. The van der Waals surface area contributed by atoms with E-state index in [1.807, 2.05) is 38.1 Å². The topological polar surface area (TPSA) is 198 Å². The number of hydrogen-bond acceptors (Lipinski definition) is 15. The van der Waals surface area contributed by atoms with Gasteiger partial charge in [-0.1, -0.05) is 57.2 Å². The number of aromatic nitrogens is 3. The Bertz CT molecular complexity index is 1940. The number of fused-ring (bicyclic) bond motifs is 1. The van der Waals surface area contributed by atoms with Gasteiger partial charge in [0.05, 0.1) is 36.6 Å². The molecule has 4 heterocycles. The van der Waals surface area contributed by atoms with Crippen LogP contribution in [0, 0.1) is 17.8 Å². The minimum atomic E-state index is -3.20. The number of esters is 1. The summed E-state index contributed by atoms with van der Waals surface area (Å²) >= 11 is 0.250. The summed E-state index contributed by atoms with van der Waals surface area (Å²) < 4.78 is 59.2. The summed E-state index contributed by atoms with van der Waals surface area (Å²) in [5.74, 6) is -5.96. The Morgan fingerprint density at radius 1 is 1.08 bits per heavy atom. The van der Waals surface area contributed by atoms with Crippen LogP contribution in [0.3, 0.4) is 0 Å². The van der Waals surface area contributed by atoms with Crippen LogP contribution in [0.15, 0.2) is 42.6 Å². The minimum absolute atomic E-state index is 0.00481. The monoisotopic (exact) mass is 908 g/mol. The lowest BCUT2D eigenvalue weighted by Crippen LogP contribution is -2.61. The maximum Gasteiger partial charge on any atom is 0.411 e. The minimum Gasteiger partial charge on any atom is -0.455 e. The van der Waals surface area contributed by atoms with Gasteiger partial charge in [0.15, 0.2) is 17.7 Å². The molecule has 2 aromatic rings. The summed E-state index contributed by atoms with van der Waals surface area (Å²) in [4.78, 5) is 59.9. The summed E-state index contributed by atoms with van der Waals surface area (Å²) in [5.41, 5.74) is 1.66. The number of carbonyl (C=O) groups is 4. The Hall–Kier alpha value is -4.01. The molecule has 352 valence electrons. The van der Waals surface area contributed by atoms with Crippen molar-refractivity contribution in [1.82, 2.24) is 24.8 Å². The Morgan fingerprint density at radius 3 is 2.33 bits per heavy atom. The highest BCUT2D eigenvalue weighted by Crippen LogP contribution is 2.43. The number of nitrogens with zero attached hydrogens (tertiary/aromatic N) is 5. The molecule has 3 aliphatic rings. The van der Waals surface area contributed by atoms with Crippen LogP contribution in [0.5, 0.6) is 0 Å². The zero-order valence-corrected chi connectivity index (χ0v) is 39.3. The average molecular weight is 909 g/mol. The van der Waals surface area contributed by atoms with Gasteiger partial charge >= 0.3 is 12.1 Å². The van der Waals surface area contributed by atoms with E-state index in [0.29, 0.717) is 24.3 Å². The van der Waals surface area contributed by atoms with Gasteiger partial charge in [0.25, 0.3) is 5.67 Å². The predicted octanol–water partition coefficient (Wildman–Crippen LogP) is 5.61. The molecule has 3 fully saturated rings. The Morgan fingerprint density at radius 2 is 1.73 bits per heavy atom. The Balaban J connectivity index is 0.00000282. The van der Waals surface area contributed by atoms with E-state index in [9.17, 15) is 28.2 Å². The molecule has 13 atom stereocenters. The molecule has 0 bridgehead atoms. The number of carbonyl (C=O) groups excluding carboxylic acids is 4. The Labute approximate surface area is 373 Å². The quantitative estimate of drug-likeness (QED) is 0.129. The summed E-state index contributed by atoms with van der Waals surface area (Å²) in [6.07, 6.45) is 1.07. The van der Waals surface area contributed by atoms with Crippen molar-refractivity contribution in [3.8, 4) is 11.3 Å². The van der Waals surface area contributed by atoms with Gasteiger partial charge in [0, 0.05) is 67.1 Å². The van der Waals surface area contributed by atoms with E-state index >= 15 is 4.39 Å². The molecule has 0 saturated carbocycles.